The Morgan fingerprint density at radius 2 is 1.93 bits per heavy atom. The molecule has 2 aromatic carbocycles. The number of carbonyl (C=O) groups excluding carboxylic acids is 1. The van der Waals surface area contributed by atoms with E-state index in [1.807, 2.05) is 0 Å². The fraction of sp³-hybridized carbons (Fsp3) is 0.250. The summed E-state index contributed by atoms with van der Waals surface area (Å²) in [7, 11) is 0. The zero-order chi connectivity index (χ0) is 21.5. The number of nitrogens with zero attached hydrogens (tertiary/aromatic N) is 2. The number of thioether (sulfide) groups is 1. The number of nitrogens with one attached hydrogen (secondary N) is 1. The summed E-state index contributed by atoms with van der Waals surface area (Å²) in [5.74, 6) is -0.900. The molecule has 0 saturated heterocycles. The summed E-state index contributed by atoms with van der Waals surface area (Å²) in [6.45, 7) is 0. The Morgan fingerprint density at radius 3 is 2.63 bits per heavy atom. The minimum Gasteiger partial charge on any atom is -0.324 e. The minimum absolute atomic E-state index is 0.0283. The lowest BCUT2D eigenvalue weighted by Gasteiger charge is -2.15. The summed E-state index contributed by atoms with van der Waals surface area (Å²) in [5.41, 5.74) is -1.18. The molecule has 10 heteroatoms. The third-order valence-corrected chi connectivity index (χ3v) is 5.87. The molecule has 1 aromatic heterocycles. The summed E-state index contributed by atoms with van der Waals surface area (Å²) in [5, 5.41) is 2.90. The molecular weight excluding hydrogens is 439 g/mol. The van der Waals surface area contributed by atoms with Crippen LogP contribution in [-0.2, 0) is 11.0 Å². The fourth-order valence-corrected chi connectivity index (χ4v) is 4.16. The normalized spacial score (nSPS) is 14.1. The van der Waals surface area contributed by atoms with Crippen LogP contribution in [-0.4, -0.2) is 21.2 Å². The summed E-state index contributed by atoms with van der Waals surface area (Å²) in [6, 6.07) is 10.2. The van der Waals surface area contributed by atoms with Gasteiger partial charge in [-0.25, -0.2) is 4.98 Å². The van der Waals surface area contributed by atoms with E-state index in [4.69, 9.17) is 11.6 Å². The van der Waals surface area contributed by atoms with E-state index < -0.39 is 23.3 Å². The third kappa shape index (κ3) is 4.17. The van der Waals surface area contributed by atoms with Crippen LogP contribution in [0.2, 0.25) is 5.02 Å². The second-order valence-electron chi connectivity index (χ2n) is 6.81. The number of hydrogen-bond donors (Lipinski definition) is 1. The summed E-state index contributed by atoms with van der Waals surface area (Å²) >= 11 is 6.88. The molecule has 4 rings (SSSR count). The molecule has 156 valence electrons. The Kier molecular flexibility index (Phi) is 5.50. The minimum atomic E-state index is -4.66. The first kappa shape index (κ1) is 20.7. The van der Waals surface area contributed by atoms with Gasteiger partial charge in [-0.2, -0.15) is 13.2 Å². The van der Waals surface area contributed by atoms with Crippen LogP contribution in [0.1, 0.15) is 24.4 Å². The third-order valence-electron chi connectivity index (χ3n) is 4.60. The van der Waals surface area contributed by atoms with Crippen molar-refractivity contribution >= 4 is 45.9 Å². The van der Waals surface area contributed by atoms with Crippen LogP contribution >= 0.6 is 23.4 Å². The van der Waals surface area contributed by atoms with E-state index in [9.17, 15) is 22.8 Å². The van der Waals surface area contributed by atoms with Gasteiger partial charge in [-0.3, -0.25) is 14.2 Å². The molecular formula is C20H15ClF3N3O2S. The second-order valence-corrected chi connectivity index (χ2v) is 8.16. The lowest BCUT2D eigenvalue weighted by Crippen LogP contribution is -2.24. The van der Waals surface area contributed by atoms with Crippen molar-refractivity contribution in [2.45, 2.75) is 30.2 Å². The van der Waals surface area contributed by atoms with E-state index in [1.54, 1.807) is 28.8 Å². The van der Waals surface area contributed by atoms with Gasteiger partial charge in [0.15, 0.2) is 5.16 Å². The first-order valence-corrected chi connectivity index (χ1v) is 10.4. The molecule has 1 aliphatic carbocycles. The van der Waals surface area contributed by atoms with Crippen LogP contribution < -0.4 is 10.9 Å². The number of anilines is 1. The van der Waals surface area contributed by atoms with Crippen LogP contribution in [0.15, 0.2) is 52.4 Å². The molecule has 1 heterocycles. The van der Waals surface area contributed by atoms with Crippen LogP contribution in [0.5, 0.6) is 0 Å². The van der Waals surface area contributed by atoms with Gasteiger partial charge in [-0.15, -0.1) is 0 Å². The van der Waals surface area contributed by atoms with Crippen molar-refractivity contribution in [3.8, 4) is 0 Å². The highest BCUT2D eigenvalue weighted by Gasteiger charge is 2.35. The van der Waals surface area contributed by atoms with Crippen molar-refractivity contribution in [1.82, 2.24) is 9.55 Å². The van der Waals surface area contributed by atoms with Crippen molar-refractivity contribution in [1.29, 1.82) is 0 Å². The SMILES string of the molecule is O=C(CSc1nc2ccccc2c(=O)n1C1CC1)Nc1c(Cl)cccc1C(F)(F)F. The molecule has 0 atom stereocenters. The maximum Gasteiger partial charge on any atom is 0.418 e. The van der Waals surface area contributed by atoms with E-state index in [0.29, 0.717) is 16.1 Å². The lowest BCUT2D eigenvalue weighted by molar-refractivity contribution is -0.137. The number of halogens is 4. The first-order valence-electron chi connectivity index (χ1n) is 9.05. The smallest absolute Gasteiger partial charge is 0.324 e. The number of para-hydroxylation sites is 2. The zero-order valence-corrected chi connectivity index (χ0v) is 16.9. The molecule has 0 aliphatic heterocycles. The van der Waals surface area contributed by atoms with E-state index in [0.717, 1.165) is 30.7 Å². The summed E-state index contributed by atoms with van der Waals surface area (Å²) < 4.78 is 41.2. The van der Waals surface area contributed by atoms with Crippen molar-refractivity contribution in [3.05, 3.63) is 63.4 Å². The average Bonchev–Trinajstić information content (AvgIpc) is 3.52. The van der Waals surface area contributed by atoms with Gasteiger partial charge in [0.2, 0.25) is 5.91 Å². The molecule has 30 heavy (non-hydrogen) atoms. The number of fused-ring (bicyclic) bond motifs is 1. The lowest BCUT2D eigenvalue weighted by atomic mass is 10.1. The quantitative estimate of drug-likeness (QED) is 0.429. The van der Waals surface area contributed by atoms with Gasteiger partial charge in [-0.05, 0) is 37.1 Å². The molecule has 0 bridgehead atoms. The number of carbonyl (C=O) groups is 1. The first-order chi connectivity index (χ1) is 14.3. The highest BCUT2D eigenvalue weighted by molar-refractivity contribution is 7.99. The van der Waals surface area contributed by atoms with Gasteiger partial charge in [0.1, 0.15) is 0 Å². The molecule has 0 radical (unpaired) electrons. The van der Waals surface area contributed by atoms with Crippen molar-refractivity contribution in [2.24, 2.45) is 0 Å². The highest BCUT2D eigenvalue weighted by atomic mass is 35.5. The number of amides is 1. The molecule has 1 amide bonds. The molecule has 1 aliphatic rings. The predicted octanol–water partition coefficient (Wildman–Crippen LogP) is 5.13. The molecule has 5 nitrogen and oxygen atoms in total. The van der Waals surface area contributed by atoms with E-state index in [1.165, 1.54) is 12.1 Å². The number of hydrogen-bond acceptors (Lipinski definition) is 4. The average molecular weight is 454 g/mol. The predicted molar refractivity (Wildman–Crippen MR) is 110 cm³/mol. The molecule has 0 spiro atoms. The monoisotopic (exact) mass is 453 g/mol. The Balaban J connectivity index is 1.58. The largest absolute Gasteiger partial charge is 0.418 e. The standard InChI is InChI=1S/C20H15ClF3N3O2S/c21-14-6-3-5-13(20(22,23)24)17(14)26-16(28)10-30-19-25-15-7-2-1-4-12(15)18(29)27(19)11-8-9-11/h1-7,11H,8-10H2,(H,26,28). The molecule has 1 N–H and O–H groups in total. The van der Waals surface area contributed by atoms with Gasteiger partial charge in [0.25, 0.3) is 5.56 Å². The topological polar surface area (TPSA) is 64.0 Å². The van der Waals surface area contributed by atoms with Crippen molar-refractivity contribution in [2.75, 3.05) is 11.1 Å². The van der Waals surface area contributed by atoms with Crippen molar-refractivity contribution in [3.63, 3.8) is 0 Å². The van der Waals surface area contributed by atoms with E-state index >= 15 is 0 Å². The van der Waals surface area contributed by atoms with Crippen LogP contribution in [0, 0.1) is 0 Å². The zero-order valence-electron chi connectivity index (χ0n) is 15.4. The summed E-state index contributed by atoms with van der Waals surface area (Å²) in [6.07, 6.45) is -2.98. The van der Waals surface area contributed by atoms with Crippen molar-refractivity contribution < 1.29 is 18.0 Å². The van der Waals surface area contributed by atoms with Gasteiger partial charge < -0.3 is 5.32 Å². The number of aromatic nitrogens is 2. The van der Waals surface area contributed by atoms with Gasteiger partial charge in [-0.1, -0.05) is 41.6 Å². The Bertz CT molecular complexity index is 1190. The van der Waals surface area contributed by atoms with Crippen LogP contribution in [0.3, 0.4) is 0 Å². The van der Waals surface area contributed by atoms with E-state index in [2.05, 4.69) is 10.3 Å². The highest BCUT2D eigenvalue weighted by Crippen LogP contribution is 2.39. The number of alkyl halides is 3. The Hall–Kier alpha value is -2.52. The Labute approximate surface area is 178 Å². The van der Waals surface area contributed by atoms with Gasteiger partial charge in [0.05, 0.1) is 32.9 Å². The number of benzene rings is 2. The second kappa shape index (κ2) is 7.96. The molecule has 3 aromatic rings. The molecule has 1 fully saturated rings. The summed E-state index contributed by atoms with van der Waals surface area (Å²) in [4.78, 5) is 29.7. The van der Waals surface area contributed by atoms with Gasteiger partial charge in [0, 0.05) is 6.04 Å². The Morgan fingerprint density at radius 1 is 1.20 bits per heavy atom. The maximum absolute atomic E-state index is 13.2. The van der Waals surface area contributed by atoms with Crippen LogP contribution in [0.25, 0.3) is 10.9 Å². The maximum atomic E-state index is 13.2. The van der Waals surface area contributed by atoms with Crippen LogP contribution in [0.4, 0.5) is 18.9 Å². The van der Waals surface area contributed by atoms with Gasteiger partial charge >= 0.3 is 6.18 Å². The molecule has 0 unspecified atom stereocenters. The number of rotatable bonds is 5. The fourth-order valence-electron chi connectivity index (χ4n) is 3.08. The van der Waals surface area contributed by atoms with E-state index in [-0.39, 0.29) is 22.4 Å². The molecule has 1 saturated carbocycles.